The van der Waals surface area contributed by atoms with Crippen molar-refractivity contribution in [2.75, 3.05) is 5.32 Å². The SMILES string of the molecule is O=C(Nc1cncc(-c2ncc3[nH]nc(-c4nc5c(-c6ccccc6F)cccc5[nH]4)c3c2F)c1)C1CCCCC1. The normalized spacial score (nSPS) is 14.1. The van der Waals surface area contributed by atoms with Gasteiger partial charge in [-0.25, -0.2) is 13.8 Å². The predicted octanol–water partition coefficient (Wildman–Crippen LogP) is 7.03. The molecule has 0 spiro atoms. The standard InChI is InChI=1S/C31H25F2N7O/c32-22-11-5-4-9-20(22)21-10-6-12-23-28(21)38-30(37-23)29-25-24(39-40-29)16-35-27(26(25)33)18-13-19(15-34-14-18)36-31(41)17-7-2-1-3-8-17/h4-6,9-17H,1-3,7-8H2,(H,36,41)(H,37,38)(H,39,40). The summed E-state index contributed by atoms with van der Waals surface area (Å²) in [5.41, 5.74) is 3.89. The van der Waals surface area contributed by atoms with Crippen LogP contribution in [0.5, 0.6) is 0 Å². The number of anilines is 1. The summed E-state index contributed by atoms with van der Waals surface area (Å²) in [4.78, 5) is 29.2. The summed E-state index contributed by atoms with van der Waals surface area (Å²) < 4.78 is 30.7. The molecule has 1 saturated carbocycles. The molecule has 1 amide bonds. The van der Waals surface area contributed by atoms with Crippen LogP contribution in [-0.2, 0) is 4.79 Å². The van der Waals surface area contributed by atoms with Crippen LogP contribution >= 0.6 is 0 Å². The number of para-hydroxylation sites is 1. The fraction of sp³-hybridized carbons (Fsp3) is 0.194. The first kappa shape index (κ1) is 25.0. The molecule has 10 heteroatoms. The largest absolute Gasteiger partial charge is 0.337 e. The number of carbonyl (C=O) groups excluding carboxylic acids is 1. The van der Waals surface area contributed by atoms with Gasteiger partial charge in [0.25, 0.3) is 0 Å². The Balaban J connectivity index is 1.27. The van der Waals surface area contributed by atoms with Gasteiger partial charge in [-0.1, -0.05) is 49.6 Å². The van der Waals surface area contributed by atoms with Crippen LogP contribution in [0.1, 0.15) is 32.1 Å². The number of rotatable bonds is 5. The number of benzene rings is 2. The van der Waals surface area contributed by atoms with E-state index in [4.69, 9.17) is 4.98 Å². The monoisotopic (exact) mass is 549 g/mol. The molecule has 0 unspecified atom stereocenters. The summed E-state index contributed by atoms with van der Waals surface area (Å²) in [6.45, 7) is 0. The molecule has 4 aromatic heterocycles. The Morgan fingerprint density at radius 3 is 2.59 bits per heavy atom. The van der Waals surface area contributed by atoms with Crippen molar-refractivity contribution in [1.29, 1.82) is 0 Å². The number of halogens is 2. The van der Waals surface area contributed by atoms with E-state index in [2.05, 4.69) is 30.5 Å². The lowest BCUT2D eigenvalue weighted by atomic mass is 9.88. The molecule has 204 valence electrons. The first-order valence-corrected chi connectivity index (χ1v) is 13.6. The molecule has 6 aromatic rings. The Morgan fingerprint density at radius 2 is 1.73 bits per heavy atom. The van der Waals surface area contributed by atoms with Gasteiger partial charge in [0.05, 0.1) is 40.0 Å². The average Bonchev–Trinajstić information content (AvgIpc) is 3.63. The highest BCUT2D eigenvalue weighted by molar-refractivity contribution is 5.98. The number of carbonyl (C=O) groups is 1. The van der Waals surface area contributed by atoms with Crippen molar-refractivity contribution in [2.24, 2.45) is 5.92 Å². The van der Waals surface area contributed by atoms with E-state index in [0.29, 0.717) is 44.8 Å². The fourth-order valence-corrected chi connectivity index (χ4v) is 5.64. The second-order valence-corrected chi connectivity index (χ2v) is 10.3. The van der Waals surface area contributed by atoms with Gasteiger partial charge in [0.1, 0.15) is 17.2 Å². The minimum atomic E-state index is -0.599. The molecule has 4 heterocycles. The number of hydrogen-bond acceptors (Lipinski definition) is 5. The van der Waals surface area contributed by atoms with E-state index in [1.165, 1.54) is 18.5 Å². The van der Waals surface area contributed by atoms with Crippen LogP contribution in [0.25, 0.3) is 55.8 Å². The van der Waals surface area contributed by atoms with Crippen LogP contribution in [0.2, 0.25) is 0 Å². The van der Waals surface area contributed by atoms with E-state index in [-0.39, 0.29) is 34.4 Å². The van der Waals surface area contributed by atoms with Gasteiger partial charge in [-0.15, -0.1) is 0 Å². The predicted molar refractivity (Wildman–Crippen MR) is 153 cm³/mol. The van der Waals surface area contributed by atoms with Gasteiger partial charge in [0.15, 0.2) is 11.6 Å². The van der Waals surface area contributed by atoms with E-state index in [0.717, 1.165) is 32.1 Å². The summed E-state index contributed by atoms with van der Waals surface area (Å²) in [6, 6.07) is 13.6. The molecular weight excluding hydrogens is 524 g/mol. The molecule has 41 heavy (non-hydrogen) atoms. The van der Waals surface area contributed by atoms with Gasteiger partial charge >= 0.3 is 0 Å². The average molecular weight is 550 g/mol. The Hall–Kier alpha value is -4.99. The highest BCUT2D eigenvalue weighted by Crippen LogP contribution is 2.35. The van der Waals surface area contributed by atoms with Gasteiger partial charge in [0.2, 0.25) is 5.91 Å². The van der Waals surface area contributed by atoms with Crippen molar-refractivity contribution < 1.29 is 13.6 Å². The molecule has 8 nitrogen and oxygen atoms in total. The summed E-state index contributed by atoms with van der Waals surface area (Å²) in [6.07, 6.45) is 9.57. The van der Waals surface area contributed by atoms with Crippen LogP contribution < -0.4 is 5.32 Å². The van der Waals surface area contributed by atoms with Crippen molar-refractivity contribution in [3.8, 4) is 33.9 Å². The van der Waals surface area contributed by atoms with Crippen molar-refractivity contribution in [3.05, 3.63) is 78.8 Å². The van der Waals surface area contributed by atoms with Gasteiger partial charge in [-0.2, -0.15) is 5.10 Å². The maximum absolute atomic E-state index is 16.1. The highest BCUT2D eigenvalue weighted by Gasteiger charge is 2.23. The molecule has 0 bridgehead atoms. The number of fused-ring (bicyclic) bond motifs is 2. The molecule has 3 N–H and O–H groups in total. The van der Waals surface area contributed by atoms with Gasteiger partial charge in [-0.3, -0.25) is 19.9 Å². The van der Waals surface area contributed by atoms with Crippen LogP contribution in [0, 0.1) is 17.6 Å². The lowest BCUT2D eigenvalue weighted by Crippen LogP contribution is -2.24. The zero-order valence-electron chi connectivity index (χ0n) is 21.9. The lowest BCUT2D eigenvalue weighted by molar-refractivity contribution is -0.120. The van der Waals surface area contributed by atoms with Crippen LogP contribution in [0.4, 0.5) is 14.5 Å². The Labute approximate surface area is 233 Å². The molecule has 1 aliphatic carbocycles. The fourth-order valence-electron chi connectivity index (χ4n) is 5.64. The number of hydrogen-bond donors (Lipinski definition) is 3. The van der Waals surface area contributed by atoms with Gasteiger partial charge in [0, 0.05) is 28.8 Å². The Kier molecular flexibility index (Phi) is 6.22. The molecule has 0 aliphatic heterocycles. The van der Waals surface area contributed by atoms with E-state index >= 15 is 4.39 Å². The number of nitrogens with zero attached hydrogens (tertiary/aromatic N) is 4. The van der Waals surface area contributed by atoms with E-state index < -0.39 is 5.82 Å². The van der Waals surface area contributed by atoms with E-state index in [1.807, 2.05) is 12.1 Å². The molecule has 1 aliphatic rings. The molecular formula is C31H25F2N7O. The van der Waals surface area contributed by atoms with Gasteiger partial charge in [-0.05, 0) is 31.0 Å². The highest BCUT2D eigenvalue weighted by atomic mass is 19.1. The number of aromatic amines is 2. The van der Waals surface area contributed by atoms with Crippen LogP contribution in [-0.4, -0.2) is 36.0 Å². The van der Waals surface area contributed by atoms with Crippen molar-refractivity contribution in [1.82, 2.24) is 30.1 Å². The zero-order valence-corrected chi connectivity index (χ0v) is 21.9. The summed E-state index contributed by atoms with van der Waals surface area (Å²) in [7, 11) is 0. The molecule has 0 atom stereocenters. The maximum Gasteiger partial charge on any atom is 0.227 e. The number of H-pyrrole nitrogens is 2. The summed E-state index contributed by atoms with van der Waals surface area (Å²) in [5.74, 6) is -0.683. The van der Waals surface area contributed by atoms with Crippen molar-refractivity contribution in [2.45, 2.75) is 32.1 Å². The Bertz CT molecular complexity index is 1920. The molecule has 1 fully saturated rings. The second-order valence-electron chi connectivity index (χ2n) is 10.3. The van der Waals surface area contributed by atoms with Crippen molar-refractivity contribution in [3.63, 3.8) is 0 Å². The minimum absolute atomic E-state index is 0.0187. The number of amides is 1. The number of imidazole rings is 1. The lowest BCUT2D eigenvalue weighted by Gasteiger charge is -2.20. The summed E-state index contributed by atoms with van der Waals surface area (Å²) >= 11 is 0. The van der Waals surface area contributed by atoms with Crippen molar-refractivity contribution >= 4 is 33.5 Å². The maximum atomic E-state index is 16.1. The third-order valence-corrected chi connectivity index (χ3v) is 7.70. The molecule has 7 rings (SSSR count). The summed E-state index contributed by atoms with van der Waals surface area (Å²) in [5, 5.41) is 10.3. The second kappa shape index (κ2) is 10.2. The first-order valence-electron chi connectivity index (χ1n) is 13.6. The third-order valence-electron chi connectivity index (χ3n) is 7.70. The zero-order chi connectivity index (χ0) is 27.9. The number of nitrogens with one attached hydrogen (secondary N) is 3. The number of aromatic nitrogens is 6. The molecule has 2 aromatic carbocycles. The number of pyridine rings is 2. The first-order chi connectivity index (χ1) is 20.1. The van der Waals surface area contributed by atoms with E-state index in [1.54, 1.807) is 36.5 Å². The van der Waals surface area contributed by atoms with Crippen LogP contribution in [0.15, 0.2) is 67.1 Å². The minimum Gasteiger partial charge on any atom is -0.337 e. The van der Waals surface area contributed by atoms with E-state index in [9.17, 15) is 9.18 Å². The Morgan fingerprint density at radius 1 is 0.902 bits per heavy atom. The molecule has 0 radical (unpaired) electrons. The topological polar surface area (TPSA) is 112 Å². The quantitative estimate of drug-likeness (QED) is 0.214. The smallest absolute Gasteiger partial charge is 0.227 e. The molecule has 0 saturated heterocycles. The third kappa shape index (κ3) is 4.51. The van der Waals surface area contributed by atoms with Crippen LogP contribution in [0.3, 0.4) is 0 Å². The van der Waals surface area contributed by atoms with Gasteiger partial charge < -0.3 is 10.3 Å².